The molecule has 2 amide bonds. The molecular weight excluding hydrogens is 446 g/mol. The number of thiazole rings is 1. The number of hydrogen-bond donors (Lipinski definition) is 0. The van der Waals surface area contributed by atoms with E-state index in [2.05, 4.69) is 4.98 Å². The first kappa shape index (κ1) is 22.0. The molecule has 4 aromatic rings. The SMILES string of the molecule is C[C@@H]1CN(C(=O)c2ccccc2)CCN1C(=O)C(=O)c1ccc2cc(-c3nccs3)ccc2c1. The fourth-order valence-electron chi connectivity index (χ4n) is 4.35. The number of benzene rings is 3. The normalized spacial score (nSPS) is 16.0. The van der Waals surface area contributed by atoms with E-state index in [4.69, 9.17) is 0 Å². The summed E-state index contributed by atoms with van der Waals surface area (Å²) in [6, 6.07) is 20.1. The van der Waals surface area contributed by atoms with Gasteiger partial charge in [-0.1, -0.05) is 42.5 Å². The summed E-state index contributed by atoms with van der Waals surface area (Å²) in [7, 11) is 0. The van der Waals surface area contributed by atoms with Crippen molar-refractivity contribution in [1.82, 2.24) is 14.8 Å². The Labute approximate surface area is 201 Å². The van der Waals surface area contributed by atoms with E-state index >= 15 is 0 Å². The van der Waals surface area contributed by atoms with Gasteiger partial charge in [0, 0.05) is 53.9 Å². The molecule has 5 rings (SSSR count). The van der Waals surface area contributed by atoms with Gasteiger partial charge in [-0.2, -0.15) is 0 Å². The van der Waals surface area contributed by atoms with E-state index in [1.165, 1.54) is 0 Å². The average molecular weight is 470 g/mol. The second-order valence-corrected chi connectivity index (χ2v) is 9.30. The van der Waals surface area contributed by atoms with Gasteiger partial charge in [0.15, 0.2) is 0 Å². The molecule has 1 aliphatic rings. The quantitative estimate of drug-likeness (QED) is 0.326. The van der Waals surface area contributed by atoms with Gasteiger partial charge in [-0.3, -0.25) is 14.4 Å². The Balaban J connectivity index is 1.29. The van der Waals surface area contributed by atoms with Gasteiger partial charge in [0.1, 0.15) is 5.01 Å². The van der Waals surface area contributed by atoms with Crippen LogP contribution in [-0.4, -0.2) is 58.1 Å². The van der Waals surface area contributed by atoms with Gasteiger partial charge in [-0.25, -0.2) is 4.98 Å². The Hall–Kier alpha value is -3.84. The topological polar surface area (TPSA) is 70.6 Å². The molecule has 0 radical (unpaired) electrons. The molecule has 0 saturated carbocycles. The zero-order chi connectivity index (χ0) is 23.7. The van der Waals surface area contributed by atoms with E-state index in [1.807, 2.05) is 54.8 Å². The number of piperazine rings is 1. The zero-order valence-corrected chi connectivity index (χ0v) is 19.5. The van der Waals surface area contributed by atoms with Crippen molar-refractivity contribution >= 4 is 39.7 Å². The number of ketones is 1. The lowest BCUT2D eigenvalue weighted by atomic mass is 10.0. The molecule has 2 heterocycles. The lowest BCUT2D eigenvalue weighted by Crippen LogP contribution is -2.56. The van der Waals surface area contributed by atoms with Crippen molar-refractivity contribution in [3.05, 3.63) is 89.4 Å². The van der Waals surface area contributed by atoms with Crippen molar-refractivity contribution in [3.8, 4) is 10.6 Å². The highest BCUT2D eigenvalue weighted by atomic mass is 32.1. The minimum absolute atomic E-state index is 0.0578. The number of amides is 2. The summed E-state index contributed by atoms with van der Waals surface area (Å²) in [6.45, 7) is 2.99. The number of fused-ring (bicyclic) bond motifs is 1. The van der Waals surface area contributed by atoms with Crippen LogP contribution in [0.2, 0.25) is 0 Å². The Morgan fingerprint density at radius 2 is 1.68 bits per heavy atom. The molecular formula is C27H23N3O3S. The van der Waals surface area contributed by atoms with Crippen LogP contribution in [0.4, 0.5) is 0 Å². The van der Waals surface area contributed by atoms with E-state index in [0.29, 0.717) is 30.8 Å². The van der Waals surface area contributed by atoms with Crippen molar-refractivity contribution < 1.29 is 14.4 Å². The summed E-state index contributed by atoms with van der Waals surface area (Å²) in [5.41, 5.74) is 2.02. The predicted molar refractivity (Wildman–Crippen MR) is 133 cm³/mol. The molecule has 0 unspecified atom stereocenters. The number of carbonyl (C=O) groups excluding carboxylic acids is 3. The lowest BCUT2D eigenvalue weighted by molar-refractivity contribution is -0.130. The fourth-order valence-corrected chi connectivity index (χ4v) is 4.98. The molecule has 1 fully saturated rings. The minimum Gasteiger partial charge on any atom is -0.335 e. The van der Waals surface area contributed by atoms with Gasteiger partial charge >= 0.3 is 0 Å². The first-order chi connectivity index (χ1) is 16.5. The molecule has 0 spiro atoms. The van der Waals surface area contributed by atoms with Crippen molar-refractivity contribution in [1.29, 1.82) is 0 Å². The lowest BCUT2D eigenvalue weighted by Gasteiger charge is -2.39. The Morgan fingerprint density at radius 1 is 0.912 bits per heavy atom. The maximum Gasteiger partial charge on any atom is 0.295 e. The third-order valence-electron chi connectivity index (χ3n) is 6.17. The predicted octanol–water partition coefficient (Wildman–Crippen LogP) is 4.52. The van der Waals surface area contributed by atoms with E-state index < -0.39 is 11.7 Å². The number of Topliss-reactive ketones (excluding diaryl/α,β-unsaturated/α-hetero) is 1. The second kappa shape index (κ2) is 9.19. The smallest absolute Gasteiger partial charge is 0.295 e. The molecule has 1 atom stereocenters. The van der Waals surface area contributed by atoms with Crippen LogP contribution >= 0.6 is 11.3 Å². The van der Waals surface area contributed by atoms with Gasteiger partial charge in [0.25, 0.3) is 11.8 Å². The van der Waals surface area contributed by atoms with Crippen LogP contribution in [0.1, 0.15) is 27.6 Å². The number of rotatable bonds is 4. The molecule has 34 heavy (non-hydrogen) atoms. The highest BCUT2D eigenvalue weighted by molar-refractivity contribution is 7.13. The van der Waals surface area contributed by atoms with E-state index in [1.54, 1.807) is 51.6 Å². The van der Waals surface area contributed by atoms with Crippen LogP contribution in [0.15, 0.2) is 78.3 Å². The summed E-state index contributed by atoms with van der Waals surface area (Å²) >= 11 is 1.57. The number of carbonyl (C=O) groups is 3. The van der Waals surface area contributed by atoms with Gasteiger partial charge in [0.05, 0.1) is 0 Å². The summed E-state index contributed by atoms with van der Waals surface area (Å²) < 4.78 is 0. The van der Waals surface area contributed by atoms with Crippen molar-refractivity contribution in [3.63, 3.8) is 0 Å². The van der Waals surface area contributed by atoms with Crippen LogP contribution < -0.4 is 0 Å². The van der Waals surface area contributed by atoms with E-state index in [9.17, 15) is 14.4 Å². The van der Waals surface area contributed by atoms with Gasteiger partial charge in [-0.05, 0) is 42.0 Å². The molecule has 0 N–H and O–H groups in total. The van der Waals surface area contributed by atoms with Crippen LogP contribution in [-0.2, 0) is 4.79 Å². The van der Waals surface area contributed by atoms with E-state index in [0.717, 1.165) is 21.3 Å². The highest BCUT2D eigenvalue weighted by Crippen LogP contribution is 2.27. The number of aromatic nitrogens is 1. The molecule has 6 nitrogen and oxygen atoms in total. The molecule has 1 aliphatic heterocycles. The standard InChI is InChI=1S/C27H23N3O3S/c1-18-17-29(26(32)19-5-3-2-4-6-19)12-13-30(18)27(33)24(31)22-9-7-21-16-23(10-8-20(21)15-22)25-28-11-14-34-25/h2-11,14-16,18H,12-13,17H2,1H3/t18-/m1/s1. The average Bonchev–Trinajstić information content (AvgIpc) is 3.42. The Morgan fingerprint density at radius 3 is 2.41 bits per heavy atom. The summed E-state index contributed by atoms with van der Waals surface area (Å²) in [4.78, 5) is 46.5. The fraction of sp³-hybridized carbons (Fsp3) is 0.185. The summed E-state index contributed by atoms with van der Waals surface area (Å²) in [5, 5.41) is 4.75. The minimum atomic E-state index is -0.530. The monoisotopic (exact) mass is 469 g/mol. The van der Waals surface area contributed by atoms with Gasteiger partial charge in [0.2, 0.25) is 5.78 Å². The third kappa shape index (κ3) is 4.22. The van der Waals surface area contributed by atoms with Gasteiger partial charge < -0.3 is 9.80 Å². The highest BCUT2D eigenvalue weighted by Gasteiger charge is 2.33. The van der Waals surface area contributed by atoms with Crippen LogP contribution in [0.25, 0.3) is 21.3 Å². The largest absolute Gasteiger partial charge is 0.335 e. The first-order valence-electron chi connectivity index (χ1n) is 11.1. The maximum absolute atomic E-state index is 13.1. The first-order valence-corrected chi connectivity index (χ1v) is 12.0. The molecule has 1 aromatic heterocycles. The zero-order valence-electron chi connectivity index (χ0n) is 18.7. The van der Waals surface area contributed by atoms with Crippen molar-refractivity contribution in [2.24, 2.45) is 0 Å². The maximum atomic E-state index is 13.1. The summed E-state index contributed by atoms with van der Waals surface area (Å²) in [6.07, 6.45) is 1.77. The molecule has 1 saturated heterocycles. The Bertz CT molecular complexity index is 1370. The Kier molecular flexibility index (Phi) is 5.94. The van der Waals surface area contributed by atoms with Gasteiger partial charge in [-0.15, -0.1) is 11.3 Å². The number of nitrogens with zero attached hydrogens (tertiary/aromatic N) is 3. The second-order valence-electron chi connectivity index (χ2n) is 8.41. The molecule has 3 aromatic carbocycles. The van der Waals surface area contributed by atoms with Crippen molar-refractivity contribution in [2.45, 2.75) is 13.0 Å². The van der Waals surface area contributed by atoms with E-state index in [-0.39, 0.29) is 11.9 Å². The van der Waals surface area contributed by atoms with Crippen molar-refractivity contribution in [2.75, 3.05) is 19.6 Å². The molecule has 170 valence electrons. The molecule has 0 aliphatic carbocycles. The van der Waals surface area contributed by atoms with Crippen LogP contribution in [0, 0.1) is 0 Å². The number of hydrogen-bond acceptors (Lipinski definition) is 5. The summed E-state index contributed by atoms with van der Waals surface area (Å²) in [5.74, 6) is -1.11. The third-order valence-corrected chi connectivity index (χ3v) is 6.99. The van der Waals surface area contributed by atoms with Crippen LogP contribution in [0.3, 0.4) is 0 Å². The molecule has 0 bridgehead atoms. The molecule has 7 heteroatoms. The van der Waals surface area contributed by atoms with Crippen LogP contribution in [0.5, 0.6) is 0 Å².